The summed E-state index contributed by atoms with van der Waals surface area (Å²) in [6, 6.07) is 4.68. The van der Waals surface area contributed by atoms with Crippen LogP contribution >= 0.6 is 23.2 Å². The maximum absolute atomic E-state index is 11.2. The third-order valence-corrected chi connectivity index (χ3v) is 3.30. The molecule has 3 N–H and O–H groups in total. The van der Waals surface area contributed by atoms with Gasteiger partial charge in [-0.3, -0.25) is 9.59 Å². The number of benzene rings is 1. The van der Waals surface area contributed by atoms with Gasteiger partial charge in [0.2, 0.25) is 5.91 Å². The number of hydrogen-bond donors (Lipinski definition) is 2. The quantitative estimate of drug-likeness (QED) is 0.826. The minimum Gasteiger partial charge on any atom is -0.480 e. The summed E-state index contributed by atoms with van der Waals surface area (Å²) in [4.78, 5) is 22.3. The second-order valence-electron chi connectivity index (χ2n) is 3.93. The van der Waals surface area contributed by atoms with E-state index < -0.39 is 17.3 Å². The minimum absolute atomic E-state index is 0.0332. The number of primary amides is 1. The summed E-state index contributed by atoms with van der Waals surface area (Å²) in [5.41, 5.74) is 4.04. The molecule has 0 bridgehead atoms. The Bertz CT molecular complexity index is 460. The van der Waals surface area contributed by atoms with E-state index >= 15 is 0 Å². The summed E-state index contributed by atoms with van der Waals surface area (Å²) in [5.74, 6) is -2.16. The fourth-order valence-electron chi connectivity index (χ4n) is 1.33. The van der Waals surface area contributed by atoms with E-state index in [0.29, 0.717) is 15.6 Å². The summed E-state index contributed by atoms with van der Waals surface area (Å²) in [6.45, 7) is 1.28. The Balaban J connectivity index is 3.07. The Labute approximate surface area is 108 Å². The van der Waals surface area contributed by atoms with Crippen LogP contribution in [0.15, 0.2) is 18.2 Å². The highest BCUT2D eigenvalue weighted by molar-refractivity contribution is 6.42. The first kappa shape index (κ1) is 13.8. The smallest absolute Gasteiger partial charge is 0.319 e. The first-order valence-electron chi connectivity index (χ1n) is 4.74. The van der Waals surface area contributed by atoms with E-state index in [1.807, 2.05) is 0 Å². The van der Waals surface area contributed by atoms with Gasteiger partial charge >= 0.3 is 5.97 Å². The van der Waals surface area contributed by atoms with Gasteiger partial charge in [0.05, 0.1) is 10.0 Å². The SMILES string of the molecule is CC(Cc1ccc(Cl)c(Cl)c1)(C(N)=O)C(=O)O. The number of carboxylic acid groups (broad SMARTS) is 1. The molecule has 1 aromatic carbocycles. The molecule has 0 aromatic heterocycles. The Morgan fingerprint density at radius 2 is 1.94 bits per heavy atom. The Morgan fingerprint density at radius 3 is 2.35 bits per heavy atom. The monoisotopic (exact) mass is 275 g/mol. The predicted molar refractivity (Wildman–Crippen MR) is 65.1 cm³/mol. The van der Waals surface area contributed by atoms with Gasteiger partial charge in [-0.25, -0.2) is 0 Å². The number of halogens is 2. The first-order chi connectivity index (χ1) is 7.77. The van der Waals surface area contributed by atoms with Crippen molar-refractivity contribution in [1.82, 2.24) is 0 Å². The molecule has 4 nitrogen and oxygen atoms in total. The predicted octanol–water partition coefficient (Wildman–Crippen LogP) is 2.11. The highest BCUT2D eigenvalue weighted by atomic mass is 35.5. The second-order valence-corrected chi connectivity index (χ2v) is 4.74. The summed E-state index contributed by atoms with van der Waals surface area (Å²) in [6.07, 6.45) is -0.0332. The third-order valence-electron chi connectivity index (χ3n) is 2.56. The topological polar surface area (TPSA) is 80.4 Å². The number of aliphatic carboxylic acids is 1. The Morgan fingerprint density at radius 1 is 1.35 bits per heavy atom. The number of amides is 1. The lowest BCUT2D eigenvalue weighted by atomic mass is 9.83. The van der Waals surface area contributed by atoms with Crippen LogP contribution in [0.5, 0.6) is 0 Å². The molecule has 0 radical (unpaired) electrons. The van der Waals surface area contributed by atoms with Crippen molar-refractivity contribution in [2.45, 2.75) is 13.3 Å². The summed E-state index contributed by atoms with van der Waals surface area (Å²) < 4.78 is 0. The van der Waals surface area contributed by atoms with Crippen LogP contribution in [0.25, 0.3) is 0 Å². The van der Waals surface area contributed by atoms with Gasteiger partial charge in [0, 0.05) is 0 Å². The fourth-order valence-corrected chi connectivity index (χ4v) is 1.65. The lowest BCUT2D eigenvalue weighted by Gasteiger charge is -2.20. The fraction of sp³-hybridized carbons (Fsp3) is 0.273. The molecule has 1 unspecified atom stereocenters. The van der Waals surface area contributed by atoms with Crippen LogP contribution in [0.1, 0.15) is 12.5 Å². The molecule has 1 atom stereocenters. The molecule has 1 amide bonds. The molecule has 0 aliphatic rings. The van der Waals surface area contributed by atoms with Crippen LogP contribution in [0.4, 0.5) is 0 Å². The molecule has 17 heavy (non-hydrogen) atoms. The molecule has 0 spiro atoms. The Kier molecular flexibility index (Phi) is 4.01. The molecule has 1 aromatic rings. The van der Waals surface area contributed by atoms with Crippen LogP contribution in [0.2, 0.25) is 10.0 Å². The van der Waals surface area contributed by atoms with E-state index in [2.05, 4.69) is 0 Å². The van der Waals surface area contributed by atoms with E-state index in [1.165, 1.54) is 13.0 Å². The zero-order valence-corrected chi connectivity index (χ0v) is 10.5. The average Bonchev–Trinajstić information content (AvgIpc) is 2.22. The molecular formula is C11H11Cl2NO3. The number of nitrogens with two attached hydrogens (primary N) is 1. The van der Waals surface area contributed by atoms with Crippen LogP contribution in [0.3, 0.4) is 0 Å². The maximum atomic E-state index is 11.2. The zero-order valence-electron chi connectivity index (χ0n) is 9.04. The minimum atomic E-state index is -1.66. The molecule has 0 aliphatic carbocycles. The molecule has 0 saturated carbocycles. The normalized spacial score (nSPS) is 14.1. The summed E-state index contributed by atoms with van der Waals surface area (Å²) >= 11 is 11.5. The second kappa shape index (κ2) is 4.94. The molecular weight excluding hydrogens is 265 g/mol. The number of hydrogen-bond acceptors (Lipinski definition) is 2. The first-order valence-corrected chi connectivity index (χ1v) is 5.50. The zero-order chi connectivity index (χ0) is 13.2. The van der Waals surface area contributed by atoms with Crippen molar-refractivity contribution in [1.29, 1.82) is 0 Å². The molecule has 0 aliphatic heterocycles. The average molecular weight is 276 g/mol. The van der Waals surface area contributed by atoms with E-state index in [0.717, 1.165) is 0 Å². The highest BCUT2D eigenvalue weighted by Crippen LogP contribution is 2.27. The van der Waals surface area contributed by atoms with Crippen LogP contribution < -0.4 is 5.73 Å². The lowest BCUT2D eigenvalue weighted by molar-refractivity contribution is -0.153. The standard InChI is InChI=1S/C11H11Cl2NO3/c1-11(9(14)15,10(16)17)5-6-2-3-7(12)8(13)4-6/h2-4H,5H2,1H3,(H2,14,15)(H,16,17). The number of carbonyl (C=O) groups excluding carboxylic acids is 1. The maximum Gasteiger partial charge on any atom is 0.319 e. The van der Waals surface area contributed by atoms with E-state index in [1.54, 1.807) is 12.1 Å². The number of carboxylic acids is 1. The van der Waals surface area contributed by atoms with Crippen molar-refractivity contribution in [3.8, 4) is 0 Å². The van der Waals surface area contributed by atoms with Gasteiger partial charge in [0.25, 0.3) is 0 Å². The summed E-state index contributed by atoms with van der Waals surface area (Å²) in [5, 5.41) is 9.70. The van der Waals surface area contributed by atoms with E-state index in [-0.39, 0.29) is 6.42 Å². The molecule has 0 fully saturated rings. The van der Waals surface area contributed by atoms with Crippen molar-refractivity contribution in [3.05, 3.63) is 33.8 Å². The van der Waals surface area contributed by atoms with Crippen molar-refractivity contribution in [2.24, 2.45) is 11.1 Å². The van der Waals surface area contributed by atoms with Crippen molar-refractivity contribution in [3.63, 3.8) is 0 Å². The van der Waals surface area contributed by atoms with Gasteiger partial charge in [-0.15, -0.1) is 0 Å². The highest BCUT2D eigenvalue weighted by Gasteiger charge is 2.39. The largest absolute Gasteiger partial charge is 0.480 e. The van der Waals surface area contributed by atoms with Crippen LogP contribution in [0, 0.1) is 5.41 Å². The molecule has 0 saturated heterocycles. The van der Waals surface area contributed by atoms with Crippen molar-refractivity contribution >= 4 is 35.1 Å². The van der Waals surface area contributed by atoms with E-state index in [9.17, 15) is 9.59 Å². The Hall–Kier alpha value is -1.26. The van der Waals surface area contributed by atoms with Crippen LogP contribution in [-0.4, -0.2) is 17.0 Å². The molecule has 0 heterocycles. The molecule has 1 rings (SSSR count). The van der Waals surface area contributed by atoms with Gasteiger partial charge in [-0.1, -0.05) is 29.3 Å². The van der Waals surface area contributed by atoms with Gasteiger partial charge in [0.1, 0.15) is 5.41 Å². The molecule has 6 heteroatoms. The van der Waals surface area contributed by atoms with Gasteiger partial charge in [0.15, 0.2) is 0 Å². The van der Waals surface area contributed by atoms with Crippen molar-refractivity contribution in [2.75, 3.05) is 0 Å². The number of carbonyl (C=O) groups is 2. The van der Waals surface area contributed by atoms with Crippen molar-refractivity contribution < 1.29 is 14.7 Å². The summed E-state index contributed by atoms with van der Waals surface area (Å²) in [7, 11) is 0. The van der Waals surface area contributed by atoms with E-state index in [4.69, 9.17) is 34.0 Å². The third kappa shape index (κ3) is 2.90. The number of rotatable bonds is 4. The van der Waals surface area contributed by atoms with Gasteiger partial charge in [-0.05, 0) is 31.0 Å². The molecule has 92 valence electrons. The van der Waals surface area contributed by atoms with Gasteiger partial charge < -0.3 is 10.8 Å². The lowest BCUT2D eigenvalue weighted by Crippen LogP contribution is -2.43. The van der Waals surface area contributed by atoms with Crippen LogP contribution in [-0.2, 0) is 16.0 Å². The van der Waals surface area contributed by atoms with Gasteiger partial charge in [-0.2, -0.15) is 0 Å².